The highest BCUT2D eigenvalue weighted by atomic mass is 32.2. The molecule has 2 aromatic rings. The molecule has 1 heterocycles. The first-order valence-corrected chi connectivity index (χ1v) is 13.0. The van der Waals surface area contributed by atoms with Gasteiger partial charge in [-0.1, -0.05) is 36.8 Å². The van der Waals surface area contributed by atoms with Crippen LogP contribution in [0.2, 0.25) is 0 Å². The van der Waals surface area contributed by atoms with Crippen molar-refractivity contribution in [3.8, 4) is 0 Å². The lowest BCUT2D eigenvalue weighted by Gasteiger charge is -2.39. The molecular weight excluding hydrogens is 422 g/mol. The molecular formula is C25H33N3O3S. The molecule has 0 aromatic heterocycles. The number of carbonyl (C=O) groups excluding carboxylic acids is 1. The van der Waals surface area contributed by atoms with Crippen LogP contribution >= 0.6 is 0 Å². The van der Waals surface area contributed by atoms with E-state index in [1.165, 1.54) is 5.56 Å². The molecule has 0 spiro atoms. The normalized spacial score (nSPS) is 19.3. The SMILES string of the molecule is CCN1CCN(Cc2ccc(NC(=O)C3(S(=O)(=O)c4ccc(C)cc4)CCC3)cc2)CC1. The Morgan fingerprint density at radius 3 is 2.06 bits per heavy atom. The van der Waals surface area contributed by atoms with Crippen LogP contribution < -0.4 is 5.32 Å². The summed E-state index contributed by atoms with van der Waals surface area (Å²) < 4.78 is 25.3. The van der Waals surface area contributed by atoms with Crippen LogP contribution in [0, 0.1) is 6.92 Å². The van der Waals surface area contributed by atoms with Gasteiger partial charge in [-0.05, 0) is 62.6 Å². The first kappa shape index (κ1) is 23.0. The van der Waals surface area contributed by atoms with Gasteiger partial charge in [-0.25, -0.2) is 8.42 Å². The zero-order valence-electron chi connectivity index (χ0n) is 19.0. The van der Waals surface area contributed by atoms with Crippen molar-refractivity contribution in [1.29, 1.82) is 0 Å². The molecule has 4 rings (SSSR count). The van der Waals surface area contributed by atoms with E-state index in [1.54, 1.807) is 24.3 Å². The van der Waals surface area contributed by atoms with E-state index in [0.29, 0.717) is 18.5 Å². The van der Waals surface area contributed by atoms with Crippen LogP contribution in [0.3, 0.4) is 0 Å². The van der Waals surface area contributed by atoms with Crippen LogP contribution in [-0.2, 0) is 21.2 Å². The number of carbonyl (C=O) groups is 1. The molecule has 172 valence electrons. The first-order chi connectivity index (χ1) is 15.3. The lowest BCUT2D eigenvalue weighted by molar-refractivity contribution is -0.120. The fraction of sp³-hybridized carbons (Fsp3) is 0.480. The van der Waals surface area contributed by atoms with Crippen molar-refractivity contribution in [1.82, 2.24) is 9.80 Å². The molecule has 1 aliphatic heterocycles. The Labute approximate surface area is 191 Å². The van der Waals surface area contributed by atoms with Crippen molar-refractivity contribution < 1.29 is 13.2 Å². The molecule has 32 heavy (non-hydrogen) atoms. The van der Waals surface area contributed by atoms with E-state index in [4.69, 9.17) is 0 Å². The molecule has 2 aliphatic rings. The number of likely N-dealkylation sites (N-methyl/N-ethyl adjacent to an activating group) is 1. The summed E-state index contributed by atoms with van der Waals surface area (Å²) in [7, 11) is -3.76. The molecule has 6 nitrogen and oxygen atoms in total. The number of nitrogens with one attached hydrogen (secondary N) is 1. The molecule has 0 atom stereocenters. The van der Waals surface area contributed by atoms with Gasteiger partial charge in [-0.15, -0.1) is 0 Å². The second-order valence-electron chi connectivity index (χ2n) is 9.03. The smallest absolute Gasteiger partial charge is 0.246 e. The average Bonchev–Trinajstić information content (AvgIpc) is 2.75. The molecule has 1 aliphatic carbocycles. The molecule has 7 heteroatoms. The van der Waals surface area contributed by atoms with Crippen molar-refractivity contribution in [2.45, 2.75) is 49.3 Å². The fourth-order valence-corrected chi connectivity index (χ4v) is 6.59. The van der Waals surface area contributed by atoms with E-state index in [1.807, 2.05) is 31.2 Å². The van der Waals surface area contributed by atoms with E-state index in [9.17, 15) is 13.2 Å². The van der Waals surface area contributed by atoms with Gasteiger partial charge >= 0.3 is 0 Å². The van der Waals surface area contributed by atoms with Crippen LogP contribution in [0.15, 0.2) is 53.4 Å². The minimum atomic E-state index is -3.76. The summed E-state index contributed by atoms with van der Waals surface area (Å²) in [4.78, 5) is 18.3. The number of rotatable bonds is 7. The zero-order chi connectivity index (χ0) is 22.8. The molecule has 1 N–H and O–H groups in total. The number of piperazine rings is 1. The maximum Gasteiger partial charge on any atom is 0.246 e. The Kier molecular flexibility index (Phi) is 6.70. The third kappa shape index (κ3) is 4.47. The Morgan fingerprint density at radius 1 is 0.938 bits per heavy atom. The first-order valence-electron chi connectivity index (χ1n) is 11.5. The van der Waals surface area contributed by atoms with Crippen LogP contribution in [0.5, 0.6) is 0 Å². The van der Waals surface area contributed by atoms with Crippen molar-refractivity contribution in [2.24, 2.45) is 0 Å². The topological polar surface area (TPSA) is 69.7 Å². The molecule has 2 aromatic carbocycles. The largest absolute Gasteiger partial charge is 0.325 e. The lowest BCUT2D eigenvalue weighted by Crippen LogP contribution is -2.54. The average molecular weight is 456 g/mol. The number of benzene rings is 2. The number of sulfone groups is 1. The van der Waals surface area contributed by atoms with Gasteiger partial charge < -0.3 is 10.2 Å². The maximum atomic E-state index is 13.3. The summed E-state index contributed by atoms with van der Waals surface area (Å²) in [5.74, 6) is -0.423. The minimum Gasteiger partial charge on any atom is -0.325 e. The molecule has 2 fully saturated rings. The quantitative estimate of drug-likeness (QED) is 0.692. The van der Waals surface area contributed by atoms with Crippen molar-refractivity contribution in [3.05, 3.63) is 59.7 Å². The zero-order valence-corrected chi connectivity index (χ0v) is 19.8. The summed E-state index contributed by atoms with van der Waals surface area (Å²) in [5, 5.41) is 2.88. The van der Waals surface area contributed by atoms with E-state index < -0.39 is 20.5 Å². The highest BCUT2D eigenvalue weighted by Crippen LogP contribution is 2.43. The predicted molar refractivity (Wildman–Crippen MR) is 127 cm³/mol. The molecule has 0 unspecified atom stereocenters. The van der Waals surface area contributed by atoms with Gasteiger partial charge in [0.25, 0.3) is 0 Å². The summed E-state index contributed by atoms with van der Waals surface area (Å²) >= 11 is 0. The number of amides is 1. The second kappa shape index (κ2) is 9.33. The van der Waals surface area contributed by atoms with Crippen LogP contribution in [0.4, 0.5) is 5.69 Å². The Morgan fingerprint density at radius 2 is 1.53 bits per heavy atom. The Balaban J connectivity index is 1.42. The predicted octanol–water partition coefficient (Wildman–Crippen LogP) is 3.47. The number of hydrogen-bond donors (Lipinski definition) is 1. The fourth-order valence-electron chi connectivity index (χ4n) is 4.52. The Bertz CT molecular complexity index is 1040. The van der Waals surface area contributed by atoms with Gasteiger partial charge in [0.2, 0.25) is 5.91 Å². The lowest BCUT2D eigenvalue weighted by atomic mass is 9.83. The van der Waals surface area contributed by atoms with E-state index in [2.05, 4.69) is 22.0 Å². The third-order valence-corrected chi connectivity index (χ3v) is 9.47. The van der Waals surface area contributed by atoms with Gasteiger partial charge in [0.1, 0.15) is 0 Å². The van der Waals surface area contributed by atoms with Crippen LogP contribution in [-0.4, -0.2) is 61.6 Å². The van der Waals surface area contributed by atoms with Gasteiger partial charge in [0, 0.05) is 38.4 Å². The van der Waals surface area contributed by atoms with Crippen LogP contribution in [0.25, 0.3) is 0 Å². The summed E-state index contributed by atoms with van der Waals surface area (Å²) in [5.41, 5.74) is 2.82. The molecule has 1 saturated carbocycles. The number of hydrogen-bond acceptors (Lipinski definition) is 5. The summed E-state index contributed by atoms with van der Waals surface area (Å²) in [6.07, 6.45) is 1.45. The molecule has 0 radical (unpaired) electrons. The number of aryl methyl sites for hydroxylation is 1. The van der Waals surface area contributed by atoms with E-state index >= 15 is 0 Å². The molecule has 0 bridgehead atoms. The van der Waals surface area contributed by atoms with Crippen molar-refractivity contribution in [3.63, 3.8) is 0 Å². The van der Waals surface area contributed by atoms with Gasteiger partial charge in [-0.2, -0.15) is 0 Å². The van der Waals surface area contributed by atoms with Crippen molar-refractivity contribution >= 4 is 21.4 Å². The van der Waals surface area contributed by atoms with E-state index in [-0.39, 0.29) is 4.90 Å². The third-order valence-electron chi connectivity index (χ3n) is 6.95. The van der Waals surface area contributed by atoms with Gasteiger partial charge in [0.05, 0.1) is 4.90 Å². The van der Waals surface area contributed by atoms with Crippen molar-refractivity contribution in [2.75, 3.05) is 38.0 Å². The molecule has 1 saturated heterocycles. The number of anilines is 1. The highest BCUT2D eigenvalue weighted by Gasteiger charge is 2.55. The minimum absolute atomic E-state index is 0.219. The summed E-state index contributed by atoms with van der Waals surface area (Å²) in [6.45, 7) is 10.4. The highest BCUT2D eigenvalue weighted by molar-refractivity contribution is 7.93. The second-order valence-corrected chi connectivity index (χ2v) is 11.3. The Hall–Kier alpha value is -2.22. The molecule has 1 amide bonds. The standard InChI is InChI=1S/C25H33N3O3S/c1-3-27-15-17-28(18-16-27)19-21-7-9-22(10-8-21)26-24(29)25(13-4-14-25)32(30,31)23-11-5-20(2)6-12-23/h5-12H,3-4,13-19H2,1-2H3,(H,26,29). The summed E-state index contributed by atoms with van der Waals surface area (Å²) in [6, 6.07) is 14.5. The van der Waals surface area contributed by atoms with E-state index in [0.717, 1.165) is 51.3 Å². The van der Waals surface area contributed by atoms with Gasteiger partial charge in [-0.3, -0.25) is 9.69 Å². The maximum absolute atomic E-state index is 13.3. The van der Waals surface area contributed by atoms with Gasteiger partial charge in [0.15, 0.2) is 14.6 Å². The number of nitrogens with zero attached hydrogens (tertiary/aromatic N) is 2. The monoisotopic (exact) mass is 455 g/mol. The van der Waals surface area contributed by atoms with Crippen LogP contribution in [0.1, 0.15) is 37.3 Å².